The average Bonchev–Trinajstić information content (AvgIpc) is 1.67. The minimum Gasteiger partial charge on any atom is -0.309 e. The number of hydrogen-bond acceptors (Lipinski definition) is 2. The molecule has 0 radical (unpaired) electrons. The monoisotopic (exact) mass is 1290 g/mol. The van der Waals surface area contributed by atoms with Gasteiger partial charge in [0, 0.05) is 104 Å². The third-order valence-corrected chi connectivity index (χ3v) is 20.9. The highest BCUT2D eigenvalue weighted by Crippen LogP contribution is 2.50. The molecule has 6 heterocycles. The van der Waals surface area contributed by atoms with Gasteiger partial charge >= 0.3 is 0 Å². The molecule has 21 rings (SSSR count). The van der Waals surface area contributed by atoms with Crippen molar-refractivity contribution in [2.45, 2.75) is 0 Å². The van der Waals surface area contributed by atoms with Crippen molar-refractivity contribution in [3.8, 4) is 84.6 Å². The summed E-state index contributed by atoms with van der Waals surface area (Å²) < 4.78 is 12.4. The first kappa shape index (κ1) is 56.5. The van der Waals surface area contributed by atoms with E-state index in [1.165, 1.54) is 43.1 Å². The fraction of sp³-hybridized carbons (Fsp3) is 0. The highest BCUT2D eigenvalue weighted by molar-refractivity contribution is 6.17. The van der Waals surface area contributed by atoms with Gasteiger partial charge in [-0.05, 0) is 115 Å². The summed E-state index contributed by atoms with van der Waals surface area (Å²) in [7, 11) is 0. The van der Waals surface area contributed by atoms with Gasteiger partial charge < -0.3 is 22.8 Å². The van der Waals surface area contributed by atoms with Gasteiger partial charge in [0.2, 0.25) is 0 Å². The van der Waals surface area contributed by atoms with E-state index in [1.54, 1.807) is 0 Å². The van der Waals surface area contributed by atoms with E-state index in [-0.39, 0.29) is 0 Å². The summed E-state index contributed by atoms with van der Waals surface area (Å²) in [5.41, 5.74) is 25.0. The third-order valence-electron chi connectivity index (χ3n) is 20.9. The van der Waals surface area contributed by atoms with Gasteiger partial charge in [0.05, 0.1) is 83.6 Å². The summed E-state index contributed by atoms with van der Waals surface area (Å²) in [4.78, 5) is 11.4. The lowest BCUT2D eigenvalue weighted by Gasteiger charge is -2.24. The fourth-order valence-corrected chi connectivity index (χ4v) is 16.6. The molecule has 15 aromatic carbocycles. The summed E-state index contributed by atoms with van der Waals surface area (Å²) in [6.07, 6.45) is 0. The van der Waals surface area contributed by atoms with Crippen molar-refractivity contribution < 1.29 is 0 Å². The number of nitrogens with zero attached hydrogens (tertiary/aromatic N) is 7. The molecule has 0 saturated heterocycles. The second-order valence-corrected chi connectivity index (χ2v) is 26.4. The van der Waals surface area contributed by atoms with Gasteiger partial charge in [-0.25, -0.2) is 9.97 Å². The van der Waals surface area contributed by atoms with E-state index < -0.39 is 0 Å². The summed E-state index contributed by atoms with van der Waals surface area (Å²) in [5, 5.41) is 11.8. The standard InChI is InChI=1S/C94H59N7/c1-3-27-60(28-4-1)79-59-80(61-29-5-2-6-30-61)96-94(95-79)62-55-77(73-39-15-25-49-89(73)99-85-45-21-11-35-69(85)70-36-12-22-46-86(70)99)93(78(56-62)74-40-16-26-50-90(74)100-87-47-23-13-37-71(87)72-38-14-24-48-88(72)100)101-91-53-51-63(97-81-41-17-7-31-65(81)66-32-8-18-42-82(66)97)57-75(91)76-58-64(52-54-92(76)101)98-83-43-19-9-33-67(83)68-34-10-20-44-84(68)98/h1-59H. The smallest absolute Gasteiger partial charge is 0.160 e. The topological polar surface area (TPSA) is 50.4 Å². The SMILES string of the molecule is c1ccc(-c2cc(-c3ccccc3)nc(-c3cc(-c4ccccc4-n4c5ccccc5c5ccccc54)c(-n4c5ccc(-n6c7ccccc7c7ccccc76)cc5c5cc(-n6c7ccccc7c7ccccc76)ccc54)c(-c4ccccc4-n4c5ccccc5c5ccccc54)c3)n2)cc1. The Morgan fingerprint density at radius 3 is 0.792 bits per heavy atom. The van der Waals surface area contributed by atoms with Crippen LogP contribution in [0.15, 0.2) is 358 Å². The van der Waals surface area contributed by atoms with Crippen LogP contribution in [0.1, 0.15) is 0 Å². The minimum absolute atomic E-state index is 0.608. The first-order valence-corrected chi connectivity index (χ1v) is 34.6. The maximum atomic E-state index is 5.69. The van der Waals surface area contributed by atoms with Crippen LogP contribution in [0.4, 0.5) is 0 Å². The summed E-state index contributed by atoms with van der Waals surface area (Å²) >= 11 is 0. The second kappa shape index (κ2) is 22.5. The van der Waals surface area contributed by atoms with E-state index in [4.69, 9.17) is 9.97 Å². The van der Waals surface area contributed by atoms with Gasteiger partial charge in [-0.1, -0.05) is 243 Å². The number of fused-ring (bicyclic) bond motifs is 15. The molecule has 0 aliphatic rings. The van der Waals surface area contributed by atoms with E-state index in [2.05, 4.69) is 381 Å². The van der Waals surface area contributed by atoms with Crippen LogP contribution in [0.2, 0.25) is 0 Å². The normalized spacial score (nSPS) is 12.0. The van der Waals surface area contributed by atoms with Crippen molar-refractivity contribution >= 4 is 109 Å². The Kier molecular flexibility index (Phi) is 12.6. The quantitative estimate of drug-likeness (QED) is 0.137. The zero-order valence-corrected chi connectivity index (χ0v) is 54.7. The molecule has 0 saturated carbocycles. The maximum Gasteiger partial charge on any atom is 0.160 e. The largest absolute Gasteiger partial charge is 0.309 e. The predicted molar refractivity (Wildman–Crippen MR) is 421 cm³/mol. The molecule has 0 unspecified atom stereocenters. The Morgan fingerprint density at radius 1 is 0.178 bits per heavy atom. The van der Waals surface area contributed by atoms with Gasteiger partial charge in [-0.2, -0.15) is 0 Å². The first-order chi connectivity index (χ1) is 50.1. The Bertz CT molecular complexity index is 6340. The lowest BCUT2D eigenvalue weighted by Crippen LogP contribution is -2.06. The van der Waals surface area contributed by atoms with E-state index in [0.29, 0.717) is 5.82 Å². The van der Waals surface area contributed by atoms with Gasteiger partial charge in [-0.3, -0.25) is 0 Å². The van der Waals surface area contributed by atoms with Crippen LogP contribution in [-0.4, -0.2) is 32.8 Å². The number of para-hydroxylation sites is 10. The second-order valence-electron chi connectivity index (χ2n) is 26.4. The Morgan fingerprint density at radius 2 is 0.455 bits per heavy atom. The van der Waals surface area contributed by atoms with Crippen LogP contribution in [-0.2, 0) is 0 Å². The number of rotatable bonds is 10. The van der Waals surface area contributed by atoms with Crippen molar-refractivity contribution in [2.24, 2.45) is 0 Å². The lowest BCUT2D eigenvalue weighted by molar-refractivity contribution is 1.14. The van der Waals surface area contributed by atoms with Crippen LogP contribution in [0.3, 0.4) is 0 Å². The predicted octanol–water partition coefficient (Wildman–Crippen LogP) is 24.3. The molecule has 101 heavy (non-hydrogen) atoms. The summed E-state index contributed by atoms with van der Waals surface area (Å²) in [5.74, 6) is 0.608. The highest BCUT2D eigenvalue weighted by Gasteiger charge is 2.29. The maximum absolute atomic E-state index is 5.69. The van der Waals surface area contributed by atoms with Crippen LogP contribution >= 0.6 is 0 Å². The molecule has 7 nitrogen and oxygen atoms in total. The zero-order valence-electron chi connectivity index (χ0n) is 54.7. The molecule has 470 valence electrons. The number of benzene rings is 15. The molecule has 21 aromatic rings. The van der Waals surface area contributed by atoms with E-state index in [0.717, 1.165) is 145 Å². The van der Waals surface area contributed by atoms with Crippen LogP contribution < -0.4 is 0 Å². The first-order valence-electron chi connectivity index (χ1n) is 34.6. The van der Waals surface area contributed by atoms with Crippen molar-refractivity contribution in [2.75, 3.05) is 0 Å². The zero-order chi connectivity index (χ0) is 66.2. The number of aromatic nitrogens is 7. The minimum atomic E-state index is 0.608. The molecule has 7 heteroatoms. The van der Waals surface area contributed by atoms with E-state index in [9.17, 15) is 0 Å². The summed E-state index contributed by atoms with van der Waals surface area (Å²) in [6, 6.07) is 131. The van der Waals surface area contributed by atoms with Crippen molar-refractivity contribution in [3.05, 3.63) is 358 Å². The van der Waals surface area contributed by atoms with E-state index >= 15 is 0 Å². The molecular formula is C94H59N7. The molecular weight excluding hydrogens is 1230 g/mol. The molecule has 0 spiro atoms. The van der Waals surface area contributed by atoms with Crippen LogP contribution in [0.5, 0.6) is 0 Å². The molecule has 0 aliphatic carbocycles. The summed E-state index contributed by atoms with van der Waals surface area (Å²) in [6.45, 7) is 0. The fourth-order valence-electron chi connectivity index (χ4n) is 16.6. The Balaban J connectivity index is 0.950. The van der Waals surface area contributed by atoms with Crippen molar-refractivity contribution in [3.63, 3.8) is 0 Å². The van der Waals surface area contributed by atoms with Crippen molar-refractivity contribution in [1.29, 1.82) is 0 Å². The third kappa shape index (κ3) is 8.67. The van der Waals surface area contributed by atoms with Crippen molar-refractivity contribution in [1.82, 2.24) is 32.8 Å². The lowest BCUT2D eigenvalue weighted by atomic mass is 9.90. The molecule has 0 atom stereocenters. The number of hydrogen-bond donors (Lipinski definition) is 0. The molecule has 0 fully saturated rings. The molecule has 6 aromatic heterocycles. The highest BCUT2D eigenvalue weighted by atomic mass is 15.0. The van der Waals surface area contributed by atoms with Gasteiger partial charge in [0.1, 0.15) is 0 Å². The molecule has 0 N–H and O–H groups in total. The Labute approximate surface area is 580 Å². The van der Waals surface area contributed by atoms with Crippen LogP contribution in [0.25, 0.3) is 194 Å². The molecule has 0 amide bonds. The van der Waals surface area contributed by atoms with Gasteiger partial charge in [-0.15, -0.1) is 0 Å². The van der Waals surface area contributed by atoms with Gasteiger partial charge in [0.25, 0.3) is 0 Å². The van der Waals surface area contributed by atoms with Gasteiger partial charge in [0.15, 0.2) is 5.82 Å². The van der Waals surface area contributed by atoms with Crippen LogP contribution in [0, 0.1) is 0 Å². The Hall–Kier alpha value is -13.6. The van der Waals surface area contributed by atoms with E-state index in [1.807, 2.05) is 0 Å². The molecule has 0 aliphatic heterocycles. The average molecular weight is 1290 g/mol. The molecule has 0 bridgehead atoms.